The lowest BCUT2D eigenvalue weighted by atomic mass is 10.1. The Balaban J connectivity index is 1.94. The summed E-state index contributed by atoms with van der Waals surface area (Å²) in [4.78, 5) is 28.7. The molecule has 0 aliphatic rings. The Labute approximate surface area is 180 Å². The highest BCUT2D eigenvalue weighted by molar-refractivity contribution is 9.10. The highest BCUT2D eigenvalue weighted by Gasteiger charge is 2.13. The molecule has 7 heteroatoms. The first-order chi connectivity index (χ1) is 14.4. The molecule has 0 amide bonds. The average molecular weight is 462 g/mol. The zero-order valence-corrected chi connectivity index (χ0v) is 17.5. The lowest BCUT2D eigenvalue weighted by molar-refractivity contribution is -0.384. The number of nitro groups is 1. The van der Waals surface area contributed by atoms with Crippen LogP contribution in [0.3, 0.4) is 0 Å². The van der Waals surface area contributed by atoms with Crippen molar-refractivity contribution in [3.63, 3.8) is 0 Å². The molecule has 0 saturated heterocycles. The van der Waals surface area contributed by atoms with Crippen molar-refractivity contribution in [1.82, 2.24) is 9.55 Å². The van der Waals surface area contributed by atoms with E-state index in [1.807, 2.05) is 37.3 Å². The molecule has 0 aliphatic carbocycles. The SMILES string of the molecule is Cc1ccccc1-n1c(/C=C/c2cccc([N+](=O)[O-])c2)nc2ccc(Br)cc2c1=O. The quantitative estimate of drug-likeness (QED) is 0.295. The van der Waals surface area contributed by atoms with Gasteiger partial charge in [-0.1, -0.05) is 52.3 Å². The Kier molecular flexibility index (Phi) is 5.29. The van der Waals surface area contributed by atoms with Crippen molar-refractivity contribution in [2.24, 2.45) is 0 Å². The van der Waals surface area contributed by atoms with Crippen LogP contribution in [0.25, 0.3) is 28.7 Å². The summed E-state index contributed by atoms with van der Waals surface area (Å²) in [6.07, 6.45) is 3.42. The number of nitro benzene ring substituents is 1. The van der Waals surface area contributed by atoms with Gasteiger partial charge in [-0.2, -0.15) is 0 Å². The molecule has 3 aromatic carbocycles. The molecule has 0 aliphatic heterocycles. The van der Waals surface area contributed by atoms with Crippen LogP contribution in [0.5, 0.6) is 0 Å². The topological polar surface area (TPSA) is 78.0 Å². The molecule has 6 nitrogen and oxygen atoms in total. The number of hydrogen-bond acceptors (Lipinski definition) is 4. The number of benzene rings is 3. The number of halogens is 1. The van der Waals surface area contributed by atoms with Crippen LogP contribution in [0.15, 0.2) is 76.0 Å². The van der Waals surface area contributed by atoms with Gasteiger partial charge in [0.05, 0.1) is 21.5 Å². The molecule has 0 radical (unpaired) electrons. The Bertz CT molecular complexity index is 1380. The van der Waals surface area contributed by atoms with Gasteiger partial charge in [0, 0.05) is 16.6 Å². The fraction of sp³-hybridized carbons (Fsp3) is 0.0435. The van der Waals surface area contributed by atoms with Crippen molar-refractivity contribution in [3.8, 4) is 5.69 Å². The zero-order valence-electron chi connectivity index (χ0n) is 15.9. The molecular formula is C23H16BrN3O3. The first-order valence-electron chi connectivity index (χ1n) is 9.15. The number of nitrogens with zero attached hydrogens (tertiary/aromatic N) is 3. The van der Waals surface area contributed by atoms with Crippen molar-refractivity contribution >= 4 is 44.7 Å². The molecule has 0 atom stereocenters. The standard InChI is InChI=1S/C23H16BrN3O3/c1-15-5-2-3-8-21(15)26-22(12-9-16-6-4-7-18(13-16)27(29)30)25-20-11-10-17(24)14-19(20)23(26)28/h2-14H,1H3/b12-9+. The number of non-ortho nitro benzene ring substituents is 1. The second kappa shape index (κ2) is 8.04. The van der Waals surface area contributed by atoms with Crippen LogP contribution in [0.2, 0.25) is 0 Å². The first kappa shape index (κ1) is 19.7. The van der Waals surface area contributed by atoms with Crippen LogP contribution in [0, 0.1) is 17.0 Å². The fourth-order valence-electron chi connectivity index (χ4n) is 3.25. The molecule has 0 unspecified atom stereocenters. The Hall–Kier alpha value is -3.58. The van der Waals surface area contributed by atoms with Gasteiger partial charge in [-0.3, -0.25) is 19.5 Å². The molecule has 4 rings (SSSR count). The third-order valence-corrected chi connectivity index (χ3v) is 5.21. The van der Waals surface area contributed by atoms with Crippen molar-refractivity contribution in [3.05, 3.63) is 109 Å². The monoisotopic (exact) mass is 461 g/mol. The Morgan fingerprint density at radius 3 is 2.60 bits per heavy atom. The van der Waals surface area contributed by atoms with E-state index in [0.717, 1.165) is 15.7 Å². The summed E-state index contributed by atoms with van der Waals surface area (Å²) < 4.78 is 2.36. The molecule has 1 heterocycles. The third kappa shape index (κ3) is 3.79. The molecule has 0 spiro atoms. The van der Waals surface area contributed by atoms with Crippen LogP contribution in [0.4, 0.5) is 5.69 Å². The van der Waals surface area contributed by atoms with Crippen LogP contribution in [-0.4, -0.2) is 14.5 Å². The van der Waals surface area contributed by atoms with Gasteiger partial charge in [0.25, 0.3) is 11.2 Å². The predicted molar refractivity (Wildman–Crippen MR) is 122 cm³/mol. The average Bonchev–Trinajstić information content (AvgIpc) is 2.74. The van der Waals surface area contributed by atoms with Gasteiger partial charge in [-0.05, 0) is 48.4 Å². The Morgan fingerprint density at radius 1 is 1.03 bits per heavy atom. The second-order valence-electron chi connectivity index (χ2n) is 6.74. The lowest BCUT2D eigenvalue weighted by Gasteiger charge is -2.13. The van der Waals surface area contributed by atoms with Gasteiger partial charge in [0.2, 0.25) is 0 Å². The van der Waals surface area contributed by atoms with Crippen molar-refractivity contribution in [2.75, 3.05) is 0 Å². The van der Waals surface area contributed by atoms with Gasteiger partial charge >= 0.3 is 0 Å². The molecule has 0 bridgehead atoms. The molecule has 0 fully saturated rings. The van der Waals surface area contributed by atoms with E-state index in [-0.39, 0.29) is 11.2 Å². The maximum Gasteiger partial charge on any atom is 0.270 e. The van der Waals surface area contributed by atoms with E-state index >= 15 is 0 Å². The number of aromatic nitrogens is 2. The molecule has 1 aromatic heterocycles. The van der Waals surface area contributed by atoms with Gasteiger partial charge < -0.3 is 0 Å². The second-order valence-corrected chi connectivity index (χ2v) is 7.66. The number of para-hydroxylation sites is 1. The molecule has 4 aromatic rings. The summed E-state index contributed by atoms with van der Waals surface area (Å²) in [5.41, 5.74) is 2.70. The smallest absolute Gasteiger partial charge is 0.268 e. The number of rotatable bonds is 4. The molecule has 30 heavy (non-hydrogen) atoms. The van der Waals surface area contributed by atoms with E-state index in [2.05, 4.69) is 20.9 Å². The van der Waals surface area contributed by atoms with Gasteiger partial charge in [-0.15, -0.1) is 0 Å². The first-order valence-corrected chi connectivity index (χ1v) is 9.94. The zero-order chi connectivity index (χ0) is 21.3. The molecule has 0 N–H and O–H groups in total. The van der Waals surface area contributed by atoms with E-state index in [9.17, 15) is 14.9 Å². The molecule has 148 valence electrons. The third-order valence-electron chi connectivity index (χ3n) is 4.72. The van der Waals surface area contributed by atoms with Gasteiger partial charge in [-0.25, -0.2) is 4.98 Å². The molecular weight excluding hydrogens is 446 g/mol. The van der Waals surface area contributed by atoms with E-state index in [0.29, 0.717) is 22.3 Å². The summed E-state index contributed by atoms with van der Waals surface area (Å²) in [5.74, 6) is 0.440. The summed E-state index contributed by atoms with van der Waals surface area (Å²) >= 11 is 3.42. The number of fused-ring (bicyclic) bond motifs is 1. The van der Waals surface area contributed by atoms with Crippen LogP contribution in [0.1, 0.15) is 17.0 Å². The van der Waals surface area contributed by atoms with Crippen molar-refractivity contribution < 1.29 is 4.92 Å². The largest absolute Gasteiger partial charge is 0.270 e. The minimum atomic E-state index is -0.438. The summed E-state index contributed by atoms with van der Waals surface area (Å²) in [7, 11) is 0. The van der Waals surface area contributed by atoms with E-state index in [1.54, 1.807) is 41.0 Å². The molecule has 0 saturated carbocycles. The van der Waals surface area contributed by atoms with E-state index in [1.165, 1.54) is 12.1 Å². The van der Waals surface area contributed by atoms with Crippen molar-refractivity contribution in [1.29, 1.82) is 0 Å². The summed E-state index contributed by atoms with van der Waals surface area (Å²) in [6.45, 7) is 1.93. The number of aryl methyl sites for hydroxylation is 1. The highest BCUT2D eigenvalue weighted by Crippen LogP contribution is 2.21. The normalized spacial score (nSPS) is 11.3. The highest BCUT2D eigenvalue weighted by atomic mass is 79.9. The van der Waals surface area contributed by atoms with Crippen LogP contribution >= 0.6 is 15.9 Å². The minimum Gasteiger partial charge on any atom is -0.268 e. The van der Waals surface area contributed by atoms with E-state index < -0.39 is 4.92 Å². The summed E-state index contributed by atoms with van der Waals surface area (Å²) in [6, 6.07) is 19.3. The predicted octanol–water partition coefficient (Wildman–Crippen LogP) is 5.54. The van der Waals surface area contributed by atoms with E-state index in [4.69, 9.17) is 0 Å². The van der Waals surface area contributed by atoms with Crippen LogP contribution < -0.4 is 5.56 Å². The van der Waals surface area contributed by atoms with Gasteiger partial charge in [0.1, 0.15) is 5.82 Å². The number of hydrogen-bond donors (Lipinski definition) is 0. The lowest BCUT2D eigenvalue weighted by Crippen LogP contribution is -2.23. The maximum absolute atomic E-state index is 13.4. The fourth-order valence-corrected chi connectivity index (χ4v) is 3.61. The minimum absolute atomic E-state index is 0.00441. The van der Waals surface area contributed by atoms with Crippen LogP contribution in [-0.2, 0) is 0 Å². The van der Waals surface area contributed by atoms with Crippen molar-refractivity contribution in [2.45, 2.75) is 6.92 Å². The Morgan fingerprint density at radius 2 is 1.83 bits per heavy atom. The summed E-state index contributed by atoms with van der Waals surface area (Å²) in [5, 5.41) is 11.5. The maximum atomic E-state index is 13.4. The van der Waals surface area contributed by atoms with Gasteiger partial charge in [0.15, 0.2) is 0 Å².